The first-order valence-electron chi connectivity index (χ1n) is 14.6. The first kappa shape index (κ1) is 35.0. The maximum Gasteiger partial charge on any atom is 0.573 e. The molecule has 16 heteroatoms. The van der Waals surface area contributed by atoms with Gasteiger partial charge in [-0.2, -0.15) is 0 Å². The van der Waals surface area contributed by atoms with Crippen molar-refractivity contribution in [2.75, 3.05) is 28.6 Å². The molecule has 0 atom stereocenters. The lowest BCUT2D eigenvalue weighted by molar-refractivity contribution is -0.274. The average Bonchev–Trinajstić information content (AvgIpc) is 3.50. The van der Waals surface area contributed by atoms with Crippen LogP contribution >= 0.6 is 23.2 Å². The Morgan fingerprint density at radius 1 is 1.06 bits per heavy atom. The second kappa shape index (κ2) is 13.0. The van der Waals surface area contributed by atoms with Crippen molar-refractivity contribution in [1.82, 2.24) is 14.9 Å². The predicted octanol–water partition coefficient (Wildman–Crippen LogP) is 8.28. The number of amides is 2. The highest BCUT2D eigenvalue weighted by Crippen LogP contribution is 2.39. The summed E-state index contributed by atoms with van der Waals surface area (Å²) in [5.41, 5.74) is 1.19. The molecular weight excluding hydrogens is 682 g/mol. The normalized spacial score (nSPS) is 14.7. The fourth-order valence-corrected chi connectivity index (χ4v) is 5.62. The van der Waals surface area contributed by atoms with Gasteiger partial charge in [0.05, 0.1) is 44.6 Å². The number of hydrogen-bond donors (Lipinski definition) is 3. The Kier molecular flexibility index (Phi) is 9.45. The van der Waals surface area contributed by atoms with Crippen molar-refractivity contribution in [2.45, 2.75) is 46.0 Å². The molecule has 0 unspecified atom stereocenters. The van der Waals surface area contributed by atoms with E-state index in [1.165, 1.54) is 23.1 Å². The van der Waals surface area contributed by atoms with Gasteiger partial charge in [-0.05, 0) is 35.9 Å². The highest BCUT2D eigenvalue weighted by atomic mass is 35.5. The number of aryl methyl sites for hydroxylation is 1. The third-order valence-electron chi connectivity index (χ3n) is 7.61. The number of imidazole rings is 1. The highest BCUT2D eigenvalue weighted by molar-refractivity contribution is 6.39. The largest absolute Gasteiger partial charge is 0.573 e. The van der Waals surface area contributed by atoms with Gasteiger partial charge in [-0.25, -0.2) is 13.8 Å². The summed E-state index contributed by atoms with van der Waals surface area (Å²) in [6, 6.07) is 11.0. The predicted molar refractivity (Wildman–Crippen MR) is 175 cm³/mol. The third-order valence-corrected chi connectivity index (χ3v) is 8.35. The summed E-state index contributed by atoms with van der Waals surface area (Å²) in [7, 11) is 1.67. The summed E-state index contributed by atoms with van der Waals surface area (Å²) in [6.45, 7) is 4.81. The van der Waals surface area contributed by atoms with Gasteiger partial charge in [0.25, 0.3) is 11.8 Å². The van der Waals surface area contributed by atoms with E-state index >= 15 is 0 Å². The smallest absolute Gasteiger partial charge is 0.406 e. The number of halogens is 7. The minimum absolute atomic E-state index is 0.00854. The van der Waals surface area contributed by atoms with Gasteiger partial charge < -0.3 is 30.2 Å². The lowest BCUT2D eigenvalue weighted by Gasteiger charge is -2.22. The van der Waals surface area contributed by atoms with Gasteiger partial charge in [0.2, 0.25) is 11.9 Å². The molecule has 0 spiro atoms. The summed E-state index contributed by atoms with van der Waals surface area (Å²) in [6.07, 6.45) is -5.37. The number of carbonyl (C=O) groups excluding carboxylic acids is 2. The zero-order valence-electron chi connectivity index (χ0n) is 26.2. The molecule has 0 aliphatic carbocycles. The van der Waals surface area contributed by atoms with Crippen LogP contribution in [0.15, 0.2) is 48.5 Å². The number of aromatic nitrogens is 2. The Labute approximate surface area is 282 Å². The number of hydrogen-bond acceptors (Lipinski definition) is 6. The monoisotopic (exact) mass is 712 g/mol. The van der Waals surface area contributed by atoms with Gasteiger partial charge in [-0.15, -0.1) is 13.2 Å². The van der Waals surface area contributed by atoms with E-state index < -0.39 is 42.3 Å². The molecule has 4 aromatic rings. The number of rotatable bonds is 8. The zero-order chi connectivity index (χ0) is 35.2. The van der Waals surface area contributed by atoms with Crippen LogP contribution in [0.3, 0.4) is 0 Å². The van der Waals surface area contributed by atoms with Crippen molar-refractivity contribution in [2.24, 2.45) is 12.5 Å². The van der Waals surface area contributed by atoms with Crippen LogP contribution in [0.2, 0.25) is 10.0 Å². The second-order valence-corrected chi connectivity index (χ2v) is 13.1. The molecule has 3 N–H and O–H groups in total. The van der Waals surface area contributed by atoms with E-state index in [0.29, 0.717) is 22.3 Å². The maximum atomic E-state index is 14.3. The third kappa shape index (κ3) is 7.87. The molecule has 2 heterocycles. The Morgan fingerprint density at radius 2 is 1.79 bits per heavy atom. The van der Waals surface area contributed by atoms with Gasteiger partial charge in [-0.1, -0.05) is 56.1 Å². The van der Waals surface area contributed by atoms with Crippen LogP contribution in [0.4, 0.5) is 45.0 Å². The summed E-state index contributed by atoms with van der Waals surface area (Å²) in [5.74, 6) is -4.23. The molecule has 0 saturated carbocycles. The zero-order valence-corrected chi connectivity index (χ0v) is 27.7. The van der Waals surface area contributed by atoms with Crippen LogP contribution < -0.4 is 25.6 Å². The molecule has 3 aromatic carbocycles. The van der Waals surface area contributed by atoms with Crippen molar-refractivity contribution in [3.8, 4) is 5.75 Å². The van der Waals surface area contributed by atoms with Crippen LogP contribution in [-0.2, 0) is 18.4 Å². The van der Waals surface area contributed by atoms with E-state index in [1.54, 1.807) is 50.6 Å². The number of nitrogens with zero attached hydrogens (tertiary/aromatic N) is 3. The number of nitrogens with one attached hydrogen (secondary N) is 3. The van der Waals surface area contributed by atoms with Crippen LogP contribution in [0, 0.1) is 5.41 Å². The molecule has 1 fully saturated rings. The Hall–Kier alpha value is -4.30. The molecule has 48 heavy (non-hydrogen) atoms. The molecular formula is C32H31Cl2F5N6O3. The number of ether oxygens (including phenoxy) is 1. The van der Waals surface area contributed by atoms with Gasteiger partial charge >= 0.3 is 6.36 Å². The summed E-state index contributed by atoms with van der Waals surface area (Å²) in [5, 5.41) is 8.97. The van der Waals surface area contributed by atoms with Gasteiger partial charge in [0.1, 0.15) is 5.75 Å². The number of benzene rings is 3. The van der Waals surface area contributed by atoms with Crippen molar-refractivity contribution in [3.63, 3.8) is 0 Å². The van der Waals surface area contributed by atoms with Crippen LogP contribution in [0.25, 0.3) is 11.0 Å². The summed E-state index contributed by atoms with van der Waals surface area (Å²) in [4.78, 5) is 32.0. The van der Waals surface area contributed by atoms with Crippen molar-refractivity contribution in [1.29, 1.82) is 0 Å². The van der Waals surface area contributed by atoms with E-state index in [4.69, 9.17) is 23.2 Å². The molecule has 1 saturated heterocycles. The lowest BCUT2D eigenvalue weighted by atomic mass is 9.95. The van der Waals surface area contributed by atoms with E-state index in [1.807, 2.05) is 0 Å². The Balaban J connectivity index is 1.50. The fraction of sp³-hybridized carbons (Fsp3) is 0.344. The minimum atomic E-state index is -4.94. The van der Waals surface area contributed by atoms with Gasteiger partial charge in [0, 0.05) is 43.7 Å². The molecule has 1 aromatic heterocycles. The van der Waals surface area contributed by atoms with Crippen molar-refractivity contribution < 1.29 is 36.3 Å². The van der Waals surface area contributed by atoms with Crippen LogP contribution in [-0.4, -0.2) is 46.7 Å². The van der Waals surface area contributed by atoms with E-state index in [2.05, 4.69) is 25.7 Å². The molecule has 0 radical (unpaired) electrons. The van der Waals surface area contributed by atoms with E-state index in [-0.39, 0.29) is 51.9 Å². The van der Waals surface area contributed by atoms with Gasteiger partial charge in [-0.3, -0.25) is 9.59 Å². The minimum Gasteiger partial charge on any atom is -0.406 e. The summed E-state index contributed by atoms with van der Waals surface area (Å²) >= 11 is 13.2. The van der Waals surface area contributed by atoms with Crippen LogP contribution in [0.5, 0.6) is 5.75 Å². The van der Waals surface area contributed by atoms with E-state index in [0.717, 1.165) is 12.1 Å². The molecule has 256 valence electrons. The number of anilines is 4. The SMILES string of the molecule is Cn1c(Nc2c(Cl)ccc(CNC(=O)C(C)(C)C)c2Cl)nc2cc(C(=O)Nc3cccc(OC(F)(F)F)c3)c(N3CCC(F)(F)C3)cc21. The fourth-order valence-electron chi connectivity index (χ4n) is 5.09. The van der Waals surface area contributed by atoms with Crippen molar-refractivity contribution in [3.05, 3.63) is 69.7 Å². The standard InChI is InChI=1S/C32H31Cl2F5N6O3/c1-30(2,3)28(47)40-15-17-8-9-21(33)26(25(17)34)43-29-42-22-13-20(23(14-24(22)44(29)4)45-11-10-31(35,36)16-45)27(46)41-18-6-5-7-19(12-18)48-32(37,38)39/h5-9,12-14H,10-11,15-16H2,1-4H3,(H,40,47)(H,41,46)(H,42,43). The van der Waals surface area contributed by atoms with Gasteiger partial charge in [0.15, 0.2) is 0 Å². The number of alkyl halides is 5. The number of carbonyl (C=O) groups is 2. The molecule has 2 amide bonds. The average molecular weight is 714 g/mol. The first-order valence-corrected chi connectivity index (χ1v) is 15.4. The first-order chi connectivity index (χ1) is 22.3. The second-order valence-electron chi connectivity index (χ2n) is 12.4. The molecule has 5 rings (SSSR count). The molecule has 0 bridgehead atoms. The number of fused-ring (bicyclic) bond motifs is 1. The topological polar surface area (TPSA) is 101 Å². The Bertz CT molecular complexity index is 1890. The molecule has 9 nitrogen and oxygen atoms in total. The highest BCUT2D eigenvalue weighted by Gasteiger charge is 2.39. The maximum absolute atomic E-state index is 14.3. The molecule has 1 aliphatic rings. The van der Waals surface area contributed by atoms with E-state index in [9.17, 15) is 31.5 Å². The summed E-state index contributed by atoms with van der Waals surface area (Å²) < 4.78 is 72.5. The quantitative estimate of drug-likeness (QED) is 0.159. The van der Waals surface area contributed by atoms with Crippen molar-refractivity contribution >= 4 is 69.1 Å². The molecule has 1 aliphatic heterocycles. The Morgan fingerprint density at radius 3 is 2.44 bits per heavy atom. The lowest BCUT2D eigenvalue weighted by Crippen LogP contribution is -2.34. The van der Waals surface area contributed by atoms with Crippen LogP contribution in [0.1, 0.15) is 43.1 Å².